The number of nitriles is 1. The highest BCUT2D eigenvalue weighted by Gasteiger charge is 2.22. The van der Waals surface area contributed by atoms with E-state index < -0.39 is 11.9 Å². The predicted molar refractivity (Wildman–Crippen MR) is 331 cm³/mol. The van der Waals surface area contributed by atoms with Gasteiger partial charge in [0.1, 0.15) is 40.2 Å². The summed E-state index contributed by atoms with van der Waals surface area (Å²) in [6.45, 7) is 14.1. The fourth-order valence-electron chi connectivity index (χ4n) is 8.45. The zero-order chi connectivity index (χ0) is 60.6. The quantitative estimate of drug-likeness (QED) is 0.0156. The number of phenols is 2. The lowest BCUT2D eigenvalue weighted by Crippen LogP contribution is -2.16. The average molecular weight is 1130 g/mol. The third-order valence-corrected chi connectivity index (χ3v) is 13.8. The first-order valence-electron chi connectivity index (χ1n) is 29.1. The molecule has 3 atom stereocenters. The molecule has 12 nitrogen and oxygen atoms in total. The van der Waals surface area contributed by atoms with E-state index in [1.54, 1.807) is 67.8 Å². The molecular formula is C71H87NO11. The average Bonchev–Trinajstić information content (AvgIpc) is 3.55. The molecule has 0 spiro atoms. The van der Waals surface area contributed by atoms with Gasteiger partial charge in [-0.2, -0.15) is 5.26 Å². The summed E-state index contributed by atoms with van der Waals surface area (Å²) in [7, 11) is 3.14. The molecule has 0 saturated carbocycles. The van der Waals surface area contributed by atoms with Crippen molar-refractivity contribution < 1.29 is 53.1 Å². The van der Waals surface area contributed by atoms with Crippen LogP contribution in [-0.2, 0) is 23.8 Å². The molecule has 3 unspecified atom stereocenters. The Morgan fingerprint density at radius 2 is 0.952 bits per heavy atom. The molecule has 12 heteroatoms. The number of para-hydroxylation sites is 1. The monoisotopic (exact) mass is 1130 g/mol. The van der Waals surface area contributed by atoms with Gasteiger partial charge in [-0.1, -0.05) is 215 Å². The SMILES string of the molecule is CCCCC(CC)COC(=O)/C=C/c1ccc(OC)cc1.CCCCC(CC)COC(=O)C(C#N)=C(c1ccccc1)c1ccccc1.CCCCC(CC)COC(=O)c1ccccc1O.COc1ccc(C(=O)c2ccccc2)c(O)c1. The second kappa shape index (κ2) is 40.7. The summed E-state index contributed by atoms with van der Waals surface area (Å²) < 4.78 is 26.2. The summed E-state index contributed by atoms with van der Waals surface area (Å²) in [5, 5.41) is 29.0. The van der Waals surface area contributed by atoms with Crippen LogP contribution in [0.3, 0.4) is 0 Å². The van der Waals surface area contributed by atoms with Crippen LogP contribution in [0.15, 0.2) is 169 Å². The Bertz CT molecular complexity index is 2870. The van der Waals surface area contributed by atoms with E-state index in [1.165, 1.54) is 38.2 Å². The first-order chi connectivity index (χ1) is 40.3. The van der Waals surface area contributed by atoms with E-state index in [4.69, 9.17) is 23.7 Å². The summed E-state index contributed by atoms with van der Waals surface area (Å²) in [6, 6.07) is 48.6. The van der Waals surface area contributed by atoms with Gasteiger partial charge in [-0.05, 0) is 96.2 Å². The maximum absolute atomic E-state index is 12.8. The van der Waals surface area contributed by atoms with Crippen LogP contribution >= 0.6 is 0 Å². The molecule has 0 aliphatic heterocycles. The number of hydrogen-bond donors (Lipinski definition) is 2. The third kappa shape index (κ3) is 25.5. The summed E-state index contributed by atoms with van der Waals surface area (Å²) in [5.41, 5.74) is 4.34. The number of phenolic OH excluding ortho intramolecular Hbond substituents is 2. The maximum Gasteiger partial charge on any atom is 0.349 e. The molecule has 0 amide bonds. The van der Waals surface area contributed by atoms with Gasteiger partial charge in [0, 0.05) is 23.3 Å². The lowest BCUT2D eigenvalue weighted by atomic mass is 9.93. The van der Waals surface area contributed by atoms with Crippen LogP contribution in [0.4, 0.5) is 0 Å². The number of aromatic hydroxyl groups is 2. The highest BCUT2D eigenvalue weighted by molar-refractivity contribution is 6.10. The zero-order valence-corrected chi connectivity index (χ0v) is 50.0. The number of ether oxygens (including phenoxy) is 5. The van der Waals surface area contributed by atoms with Gasteiger partial charge in [0.25, 0.3) is 0 Å². The molecular weight excluding hydrogens is 1040 g/mol. The van der Waals surface area contributed by atoms with Gasteiger partial charge in [-0.15, -0.1) is 0 Å². The fourth-order valence-corrected chi connectivity index (χ4v) is 8.45. The topological polar surface area (TPSA) is 179 Å². The van der Waals surface area contributed by atoms with E-state index >= 15 is 0 Å². The van der Waals surface area contributed by atoms with Crippen molar-refractivity contribution in [2.24, 2.45) is 17.8 Å². The minimum absolute atomic E-state index is 0.0240. The Hall–Kier alpha value is -8.43. The molecule has 0 radical (unpaired) electrons. The standard InChI is InChI=1S/C24H27NO2.C18H26O3.C15H22O3.C14H12O3/c1-3-5-12-19(4-2)18-27-24(26)22(17-25)23(20-13-8-6-9-14-20)21-15-10-7-11-16-21;1-4-6-7-15(5-2)14-21-18(19)13-10-16-8-11-17(20-3)12-9-16;1-3-5-8-12(4-2)11-18-15(17)13-9-6-7-10-14(13)16;1-17-11-7-8-12(13(15)9-11)14(16)10-5-3-2-4-6-10/h6-11,13-16,19H,3-5,12,18H2,1-2H3;8-13,15H,4-7,14H2,1-3H3;6-7,9-10,12,16H,3-5,8,11H2,1-2H3;2-9,15H,1H3/b;13-10+;;. The zero-order valence-electron chi connectivity index (χ0n) is 50.0. The molecule has 0 fully saturated rings. The lowest BCUT2D eigenvalue weighted by Gasteiger charge is -2.16. The highest BCUT2D eigenvalue weighted by Crippen LogP contribution is 2.29. The first kappa shape index (κ1) is 68.8. The number of rotatable bonds is 28. The minimum Gasteiger partial charge on any atom is -0.507 e. The van der Waals surface area contributed by atoms with Gasteiger partial charge in [-0.25, -0.2) is 14.4 Å². The van der Waals surface area contributed by atoms with E-state index in [-0.39, 0.29) is 40.0 Å². The Balaban J connectivity index is 0.000000295. The number of unbranched alkanes of at least 4 members (excludes halogenated alkanes) is 3. The Morgan fingerprint density at radius 3 is 1.40 bits per heavy atom. The number of esters is 3. The number of carbonyl (C=O) groups is 4. The predicted octanol–water partition coefficient (Wildman–Crippen LogP) is 16.6. The normalized spacial score (nSPS) is 11.5. The molecule has 2 N–H and O–H groups in total. The number of methoxy groups -OCH3 is 2. The van der Waals surface area contributed by atoms with Crippen LogP contribution in [0.2, 0.25) is 0 Å². The Labute approximate surface area is 493 Å². The van der Waals surface area contributed by atoms with E-state index in [2.05, 4.69) is 47.6 Å². The fraction of sp³-hybridized carbons (Fsp3) is 0.366. The molecule has 0 saturated heterocycles. The first-order valence-corrected chi connectivity index (χ1v) is 29.1. The lowest BCUT2D eigenvalue weighted by molar-refractivity contribution is -0.140. The van der Waals surface area contributed by atoms with Gasteiger partial charge < -0.3 is 33.9 Å². The molecule has 83 heavy (non-hydrogen) atoms. The summed E-state index contributed by atoms with van der Waals surface area (Å²) in [5.74, 6) is 0.990. The molecule has 0 bridgehead atoms. The number of ketones is 1. The highest BCUT2D eigenvalue weighted by atomic mass is 16.5. The van der Waals surface area contributed by atoms with Crippen molar-refractivity contribution in [2.75, 3.05) is 34.0 Å². The molecule has 6 aromatic carbocycles. The third-order valence-electron chi connectivity index (χ3n) is 13.8. The van der Waals surface area contributed by atoms with Crippen LogP contribution in [0, 0.1) is 29.1 Å². The van der Waals surface area contributed by atoms with Crippen molar-refractivity contribution in [3.05, 3.63) is 203 Å². The Kier molecular flexibility index (Phi) is 33.8. The van der Waals surface area contributed by atoms with Crippen molar-refractivity contribution in [1.29, 1.82) is 5.26 Å². The van der Waals surface area contributed by atoms with Crippen molar-refractivity contribution in [1.82, 2.24) is 0 Å². The molecule has 6 rings (SSSR count). The van der Waals surface area contributed by atoms with Gasteiger partial charge >= 0.3 is 17.9 Å². The van der Waals surface area contributed by atoms with Gasteiger partial charge in [0.2, 0.25) is 0 Å². The Morgan fingerprint density at radius 1 is 0.506 bits per heavy atom. The van der Waals surface area contributed by atoms with Crippen molar-refractivity contribution in [3.63, 3.8) is 0 Å². The summed E-state index contributed by atoms with van der Waals surface area (Å²) >= 11 is 0. The van der Waals surface area contributed by atoms with Crippen molar-refractivity contribution in [3.8, 4) is 29.1 Å². The second-order valence-corrected chi connectivity index (χ2v) is 19.9. The van der Waals surface area contributed by atoms with Crippen LogP contribution < -0.4 is 9.47 Å². The van der Waals surface area contributed by atoms with E-state index in [9.17, 15) is 34.7 Å². The number of carbonyl (C=O) groups excluding carboxylic acids is 4. The molecule has 442 valence electrons. The molecule has 0 aliphatic carbocycles. The number of hydrogen-bond acceptors (Lipinski definition) is 12. The summed E-state index contributed by atoms with van der Waals surface area (Å²) in [4.78, 5) is 48.3. The van der Waals surface area contributed by atoms with Crippen LogP contribution in [0.1, 0.15) is 162 Å². The van der Waals surface area contributed by atoms with Gasteiger partial charge in [0.15, 0.2) is 5.78 Å². The van der Waals surface area contributed by atoms with E-state index in [0.717, 1.165) is 86.6 Å². The van der Waals surface area contributed by atoms with Crippen LogP contribution in [-0.4, -0.2) is 67.9 Å². The molecule has 0 aliphatic rings. The second-order valence-electron chi connectivity index (χ2n) is 19.9. The smallest absolute Gasteiger partial charge is 0.349 e. The summed E-state index contributed by atoms with van der Waals surface area (Å²) in [6.07, 6.45) is 16.4. The molecule has 6 aromatic rings. The molecule has 0 heterocycles. The van der Waals surface area contributed by atoms with Crippen LogP contribution in [0.5, 0.6) is 23.0 Å². The number of benzene rings is 6. The maximum atomic E-state index is 12.8. The van der Waals surface area contributed by atoms with E-state index in [0.29, 0.717) is 54.5 Å². The van der Waals surface area contributed by atoms with E-state index in [1.807, 2.05) is 91.0 Å². The largest absolute Gasteiger partial charge is 0.507 e. The minimum atomic E-state index is -0.546. The van der Waals surface area contributed by atoms with Gasteiger partial charge in [-0.3, -0.25) is 4.79 Å². The van der Waals surface area contributed by atoms with Gasteiger partial charge in [0.05, 0.1) is 39.6 Å². The van der Waals surface area contributed by atoms with Crippen molar-refractivity contribution >= 4 is 35.3 Å². The molecule has 0 aromatic heterocycles. The number of nitrogens with zero attached hydrogens (tertiary/aromatic N) is 1. The van der Waals surface area contributed by atoms with Crippen LogP contribution in [0.25, 0.3) is 11.6 Å². The van der Waals surface area contributed by atoms with Crippen molar-refractivity contribution in [2.45, 2.75) is 119 Å².